The molecule has 2 aliphatic heterocycles. The maximum absolute atomic E-state index is 13.4. The third-order valence-electron chi connectivity index (χ3n) is 4.76. The number of nitrogens with zero attached hydrogens (tertiary/aromatic N) is 1. The normalized spacial score (nSPS) is 32.9. The number of halogens is 4. The van der Waals surface area contributed by atoms with Crippen molar-refractivity contribution in [3.8, 4) is 0 Å². The van der Waals surface area contributed by atoms with E-state index in [1.807, 2.05) is 0 Å². The van der Waals surface area contributed by atoms with E-state index in [4.69, 9.17) is 32.2 Å². The predicted octanol–water partition coefficient (Wildman–Crippen LogP) is 0.165. The van der Waals surface area contributed by atoms with E-state index in [1.54, 1.807) is 0 Å². The van der Waals surface area contributed by atoms with Gasteiger partial charge in [0.05, 0.1) is 12.6 Å². The highest BCUT2D eigenvalue weighted by atomic mass is 35.5. The molecule has 0 aliphatic carbocycles. The second-order valence-corrected chi connectivity index (χ2v) is 7.39. The fraction of sp³-hybridized carbons (Fsp3) is 0.529. The van der Waals surface area contributed by atoms with E-state index in [0.29, 0.717) is 0 Å². The number of nitrogens with two attached hydrogens (primary N) is 2. The van der Waals surface area contributed by atoms with Gasteiger partial charge in [-0.3, -0.25) is 10.7 Å². The summed E-state index contributed by atoms with van der Waals surface area (Å²) in [5.74, 6) is -0.368. The largest absolute Gasteiger partial charge is 0.422 e. The lowest BCUT2D eigenvalue weighted by atomic mass is 9.91. The summed E-state index contributed by atoms with van der Waals surface area (Å²) >= 11 is 5.87. The van der Waals surface area contributed by atoms with Gasteiger partial charge in [0, 0.05) is 11.1 Å². The Bertz CT molecular complexity index is 822. The summed E-state index contributed by atoms with van der Waals surface area (Å²) < 4.78 is 51.3. The monoisotopic (exact) mass is 437 g/mol. The molecule has 160 valence electrons. The van der Waals surface area contributed by atoms with E-state index in [9.17, 15) is 23.4 Å². The maximum Gasteiger partial charge on any atom is 0.422 e. The van der Waals surface area contributed by atoms with Crippen LogP contribution in [0.25, 0.3) is 0 Å². The molecule has 0 radical (unpaired) electrons. The minimum Gasteiger partial charge on any atom is -0.388 e. The topological polar surface area (TPSA) is 138 Å². The number of quaternary nitrogens is 1. The molecule has 0 amide bonds. The highest BCUT2D eigenvalue weighted by Gasteiger charge is 2.53. The molecule has 1 aromatic carbocycles. The number of aliphatic hydroxyl groups excluding tert-OH is 2. The zero-order valence-corrected chi connectivity index (χ0v) is 16.0. The third kappa shape index (κ3) is 4.61. The van der Waals surface area contributed by atoms with Crippen molar-refractivity contribution >= 4 is 29.0 Å². The molecule has 4 unspecified atom stereocenters. The van der Waals surface area contributed by atoms with Crippen molar-refractivity contribution in [2.24, 2.45) is 10.7 Å². The fourth-order valence-electron chi connectivity index (χ4n) is 3.45. The molecule has 2 aliphatic rings. The number of nitrogens with one attached hydrogen (secondary N) is 1. The average Bonchev–Trinajstić information content (AvgIpc) is 2.97. The number of hydrogen-bond donors (Lipinski definition) is 5. The quantitative estimate of drug-likeness (QED) is 0.255. The van der Waals surface area contributed by atoms with Crippen LogP contribution in [0.3, 0.4) is 0 Å². The molecule has 6 atom stereocenters. The third-order valence-corrected chi connectivity index (χ3v) is 5.00. The van der Waals surface area contributed by atoms with Gasteiger partial charge in [0.1, 0.15) is 41.5 Å². The first-order valence-corrected chi connectivity index (χ1v) is 9.11. The molecule has 0 aromatic heterocycles. The smallest absolute Gasteiger partial charge is 0.388 e. The van der Waals surface area contributed by atoms with Crippen LogP contribution in [0.15, 0.2) is 23.2 Å². The standard InChI is InChI=1S/C17H20ClF3N4O4/c1-6(22)24-16(25-9-4-7(18)2-3-8(9)17(19,20)21)15-12(27)11(23)14-13(29-15)10(26)5-28-14/h2-4,10-15,26-27H,5,23H2,1H3,(H2,22,24,25)/p+1/t10?,11?,12?,13?,14-,15-/m1/s1. The van der Waals surface area contributed by atoms with Gasteiger partial charge in [0.15, 0.2) is 6.10 Å². The Morgan fingerprint density at radius 2 is 2.03 bits per heavy atom. The van der Waals surface area contributed by atoms with Crippen LogP contribution in [0.5, 0.6) is 0 Å². The summed E-state index contributed by atoms with van der Waals surface area (Å²) in [6.45, 7) is 1.27. The highest BCUT2D eigenvalue weighted by Crippen LogP contribution is 2.34. The first-order chi connectivity index (χ1) is 13.5. The summed E-state index contributed by atoms with van der Waals surface area (Å²) in [6.07, 6.45) is -9.99. The minimum absolute atomic E-state index is 0.0468. The number of aliphatic imine (C=N–C) groups is 1. The molecule has 7 N–H and O–H groups in total. The number of alkyl halides is 3. The highest BCUT2D eigenvalue weighted by molar-refractivity contribution is 6.30. The Morgan fingerprint density at radius 3 is 2.66 bits per heavy atom. The number of fused-ring (bicyclic) bond motifs is 1. The molecule has 0 saturated carbocycles. The van der Waals surface area contributed by atoms with Crippen molar-refractivity contribution in [3.63, 3.8) is 0 Å². The van der Waals surface area contributed by atoms with Gasteiger partial charge in [-0.05, 0) is 19.1 Å². The van der Waals surface area contributed by atoms with Gasteiger partial charge in [-0.2, -0.15) is 18.2 Å². The molecular formula is C17H21ClF3N4O4+. The second-order valence-electron chi connectivity index (χ2n) is 6.95. The number of amidine groups is 2. The van der Waals surface area contributed by atoms with Crippen molar-refractivity contribution in [1.29, 1.82) is 5.41 Å². The van der Waals surface area contributed by atoms with Crippen molar-refractivity contribution in [2.45, 2.75) is 49.7 Å². The lowest BCUT2D eigenvalue weighted by molar-refractivity contribution is -0.456. The molecular weight excluding hydrogens is 417 g/mol. The Balaban J connectivity index is 1.98. The molecule has 2 saturated heterocycles. The first kappa shape index (κ1) is 22.1. The average molecular weight is 438 g/mol. The summed E-state index contributed by atoms with van der Waals surface area (Å²) in [6, 6.07) is 2.07. The molecule has 29 heavy (non-hydrogen) atoms. The molecule has 2 fully saturated rings. The summed E-state index contributed by atoms with van der Waals surface area (Å²) in [7, 11) is 0. The van der Waals surface area contributed by atoms with Crippen LogP contribution in [-0.2, 0) is 15.7 Å². The van der Waals surface area contributed by atoms with Gasteiger partial charge in [0.2, 0.25) is 5.84 Å². The minimum atomic E-state index is -4.66. The van der Waals surface area contributed by atoms with Gasteiger partial charge >= 0.3 is 6.18 Å². The van der Waals surface area contributed by atoms with Crippen LogP contribution in [0.2, 0.25) is 5.02 Å². The van der Waals surface area contributed by atoms with Crippen molar-refractivity contribution < 1.29 is 38.2 Å². The van der Waals surface area contributed by atoms with Crippen LogP contribution >= 0.6 is 11.6 Å². The van der Waals surface area contributed by atoms with Crippen LogP contribution in [0, 0.1) is 5.41 Å². The number of hydrogen-bond acceptors (Lipinski definition) is 6. The zero-order valence-electron chi connectivity index (χ0n) is 15.2. The van der Waals surface area contributed by atoms with Gasteiger partial charge in [0.25, 0.3) is 0 Å². The molecule has 0 spiro atoms. The molecule has 0 bridgehead atoms. The number of benzene rings is 1. The molecule has 2 heterocycles. The Labute approximate surface area is 169 Å². The summed E-state index contributed by atoms with van der Waals surface area (Å²) in [5, 5.41) is 29.4. The number of rotatable bonds is 2. The summed E-state index contributed by atoms with van der Waals surface area (Å²) in [5.41, 5.74) is 4.74. The lowest BCUT2D eigenvalue weighted by Gasteiger charge is -2.39. The Hall–Kier alpha value is -1.60. The van der Waals surface area contributed by atoms with Crippen LogP contribution in [0.1, 0.15) is 12.5 Å². The molecule has 1 aromatic rings. The van der Waals surface area contributed by atoms with E-state index in [2.05, 4.69) is 4.99 Å². The molecule has 3 rings (SSSR count). The van der Waals surface area contributed by atoms with E-state index in [-0.39, 0.29) is 29.0 Å². The maximum atomic E-state index is 13.4. The van der Waals surface area contributed by atoms with Crippen molar-refractivity contribution in [3.05, 3.63) is 28.8 Å². The van der Waals surface area contributed by atoms with E-state index in [0.717, 1.165) is 23.5 Å². The molecule has 12 heteroatoms. The fourth-order valence-corrected chi connectivity index (χ4v) is 3.63. The zero-order chi connectivity index (χ0) is 21.5. The Kier molecular flexibility index (Phi) is 6.30. The van der Waals surface area contributed by atoms with Crippen LogP contribution < -0.4 is 11.1 Å². The van der Waals surface area contributed by atoms with Crippen molar-refractivity contribution in [2.75, 3.05) is 6.61 Å². The number of aliphatic hydroxyl groups is 2. The van der Waals surface area contributed by atoms with Crippen molar-refractivity contribution in [1.82, 2.24) is 0 Å². The number of ether oxygens (including phenoxy) is 2. The SMILES string of the molecule is CC(=N)N=C([NH2+]c1cc(Cl)ccc1C(F)(F)F)[C@@H]1OC2C(O)CO[C@@H]2C(N)C1O. The van der Waals surface area contributed by atoms with E-state index in [1.165, 1.54) is 6.92 Å². The van der Waals surface area contributed by atoms with Crippen LogP contribution in [-0.4, -0.2) is 65.1 Å². The summed E-state index contributed by atoms with van der Waals surface area (Å²) in [4.78, 5) is 3.94. The van der Waals surface area contributed by atoms with Gasteiger partial charge in [-0.1, -0.05) is 11.6 Å². The first-order valence-electron chi connectivity index (χ1n) is 8.73. The van der Waals surface area contributed by atoms with Crippen LogP contribution in [0.4, 0.5) is 18.9 Å². The van der Waals surface area contributed by atoms with Gasteiger partial charge < -0.3 is 25.4 Å². The predicted molar refractivity (Wildman–Crippen MR) is 97.3 cm³/mol. The van der Waals surface area contributed by atoms with Gasteiger partial charge in [-0.15, -0.1) is 0 Å². The second kappa shape index (κ2) is 8.26. The van der Waals surface area contributed by atoms with Gasteiger partial charge in [-0.25, -0.2) is 0 Å². The van der Waals surface area contributed by atoms with E-state index < -0.39 is 48.3 Å². The van der Waals surface area contributed by atoms with E-state index >= 15 is 0 Å². The molecule has 8 nitrogen and oxygen atoms in total. The lowest BCUT2D eigenvalue weighted by Crippen LogP contribution is -2.88. The Morgan fingerprint density at radius 1 is 1.34 bits per heavy atom.